The first-order chi connectivity index (χ1) is 8.40. The van der Waals surface area contributed by atoms with Crippen LogP contribution in [0.15, 0.2) is 28.7 Å². The number of hydrogen-bond donors (Lipinski definition) is 1. The second-order valence-corrected chi connectivity index (χ2v) is 5.22. The zero-order valence-electron chi connectivity index (χ0n) is 10.4. The molecule has 0 saturated carbocycles. The molecule has 2 nitrogen and oxygen atoms in total. The molecular weight excluding hydrogens is 230 g/mol. The van der Waals surface area contributed by atoms with Crippen molar-refractivity contribution in [3.8, 4) is 0 Å². The Labute approximate surface area is 108 Å². The maximum absolute atomic E-state index is 5.79. The Morgan fingerprint density at radius 2 is 2.47 bits per heavy atom. The van der Waals surface area contributed by atoms with Crippen LogP contribution in [0.5, 0.6) is 0 Å². The lowest BCUT2D eigenvalue weighted by Crippen LogP contribution is -2.35. The average molecular weight is 251 g/mol. The summed E-state index contributed by atoms with van der Waals surface area (Å²) in [5.41, 5.74) is 1.40. The van der Waals surface area contributed by atoms with Crippen LogP contribution in [0.25, 0.3) is 0 Å². The van der Waals surface area contributed by atoms with Gasteiger partial charge in [0.25, 0.3) is 0 Å². The van der Waals surface area contributed by atoms with Crippen LogP contribution in [-0.4, -0.2) is 19.2 Å². The summed E-state index contributed by atoms with van der Waals surface area (Å²) in [5, 5.41) is 7.96. The topological polar surface area (TPSA) is 21.3 Å². The van der Waals surface area contributed by atoms with E-state index < -0.39 is 0 Å². The molecule has 1 aromatic rings. The van der Waals surface area contributed by atoms with Crippen LogP contribution < -0.4 is 5.32 Å². The van der Waals surface area contributed by atoms with Gasteiger partial charge in [0.05, 0.1) is 12.6 Å². The van der Waals surface area contributed by atoms with Crippen molar-refractivity contribution >= 4 is 11.3 Å². The van der Waals surface area contributed by atoms with Gasteiger partial charge in [-0.3, -0.25) is 0 Å². The van der Waals surface area contributed by atoms with E-state index in [0.717, 1.165) is 44.6 Å². The molecule has 0 bridgehead atoms. The third kappa shape index (κ3) is 3.86. The van der Waals surface area contributed by atoms with Gasteiger partial charge in [-0.05, 0) is 60.7 Å². The highest BCUT2D eigenvalue weighted by molar-refractivity contribution is 7.07. The highest BCUT2D eigenvalue weighted by Crippen LogP contribution is 2.18. The monoisotopic (exact) mass is 251 g/mol. The average Bonchev–Trinajstić information content (AvgIpc) is 2.88. The van der Waals surface area contributed by atoms with Crippen LogP contribution in [0.4, 0.5) is 0 Å². The number of rotatable bonds is 6. The molecule has 1 aliphatic rings. The molecule has 3 heteroatoms. The van der Waals surface area contributed by atoms with Crippen molar-refractivity contribution in [3.05, 3.63) is 34.2 Å². The van der Waals surface area contributed by atoms with Crippen molar-refractivity contribution < 1.29 is 4.74 Å². The lowest BCUT2D eigenvalue weighted by Gasteiger charge is -2.24. The lowest BCUT2D eigenvalue weighted by molar-refractivity contribution is 0.167. The molecular formula is C14H21NOS. The molecule has 2 rings (SSSR count). The van der Waals surface area contributed by atoms with Gasteiger partial charge in [-0.25, -0.2) is 0 Å². The van der Waals surface area contributed by atoms with E-state index in [9.17, 15) is 0 Å². The van der Waals surface area contributed by atoms with Crippen molar-refractivity contribution in [3.63, 3.8) is 0 Å². The van der Waals surface area contributed by atoms with E-state index in [-0.39, 0.29) is 0 Å². The first-order valence-electron chi connectivity index (χ1n) is 6.47. The van der Waals surface area contributed by atoms with E-state index in [0.29, 0.717) is 6.04 Å². The molecule has 0 fully saturated rings. The first kappa shape index (κ1) is 12.7. The minimum Gasteiger partial charge on any atom is -0.497 e. The highest BCUT2D eigenvalue weighted by atomic mass is 32.1. The molecule has 1 aromatic heterocycles. The van der Waals surface area contributed by atoms with E-state index in [1.807, 2.05) is 0 Å². The molecule has 0 spiro atoms. The summed E-state index contributed by atoms with van der Waals surface area (Å²) in [6.45, 7) is 4.13. The molecule has 0 aromatic carbocycles. The van der Waals surface area contributed by atoms with E-state index in [1.165, 1.54) is 5.56 Å². The van der Waals surface area contributed by atoms with Crippen molar-refractivity contribution in [2.24, 2.45) is 0 Å². The van der Waals surface area contributed by atoms with Gasteiger partial charge in [0.2, 0.25) is 0 Å². The molecule has 0 radical (unpaired) electrons. The maximum Gasteiger partial charge on any atom is 0.109 e. The Balaban J connectivity index is 1.99. The third-order valence-electron chi connectivity index (χ3n) is 2.97. The first-order valence-corrected chi connectivity index (χ1v) is 7.41. The fraction of sp³-hybridized carbons (Fsp3) is 0.571. The number of thiophene rings is 1. The van der Waals surface area contributed by atoms with Crippen LogP contribution in [0.2, 0.25) is 0 Å². The fourth-order valence-electron chi connectivity index (χ4n) is 2.06. The minimum absolute atomic E-state index is 0.352. The van der Waals surface area contributed by atoms with Crippen molar-refractivity contribution in [1.82, 2.24) is 5.32 Å². The molecule has 1 unspecified atom stereocenters. The summed E-state index contributed by atoms with van der Waals surface area (Å²) < 4.78 is 5.79. The Morgan fingerprint density at radius 1 is 1.53 bits per heavy atom. The van der Waals surface area contributed by atoms with Crippen molar-refractivity contribution in [1.29, 1.82) is 0 Å². The molecule has 0 amide bonds. The summed E-state index contributed by atoms with van der Waals surface area (Å²) in [6.07, 6.45) is 6.76. The van der Waals surface area contributed by atoms with Crippen molar-refractivity contribution in [2.45, 2.75) is 38.6 Å². The van der Waals surface area contributed by atoms with E-state index in [4.69, 9.17) is 4.74 Å². The molecule has 1 atom stereocenters. The summed E-state index contributed by atoms with van der Waals surface area (Å²) >= 11 is 1.76. The maximum atomic E-state index is 5.79. The van der Waals surface area contributed by atoms with Crippen LogP contribution in [0.3, 0.4) is 0 Å². The number of hydrogen-bond acceptors (Lipinski definition) is 3. The van der Waals surface area contributed by atoms with Gasteiger partial charge in [-0.1, -0.05) is 6.92 Å². The summed E-state index contributed by atoms with van der Waals surface area (Å²) in [4.78, 5) is 0. The molecule has 1 N–H and O–H groups in total. The smallest absolute Gasteiger partial charge is 0.109 e. The van der Waals surface area contributed by atoms with Gasteiger partial charge < -0.3 is 10.1 Å². The van der Waals surface area contributed by atoms with Crippen LogP contribution in [0, 0.1) is 0 Å². The van der Waals surface area contributed by atoms with Crippen molar-refractivity contribution in [2.75, 3.05) is 13.2 Å². The van der Waals surface area contributed by atoms with Gasteiger partial charge in [-0.2, -0.15) is 11.3 Å². The normalized spacial score (nSPS) is 17.4. The van der Waals surface area contributed by atoms with Gasteiger partial charge in [0, 0.05) is 0 Å². The Hall–Kier alpha value is -0.800. The van der Waals surface area contributed by atoms with Crippen LogP contribution in [0.1, 0.15) is 31.7 Å². The van der Waals surface area contributed by atoms with Gasteiger partial charge in [0.15, 0.2) is 0 Å². The standard InChI is InChI=1S/C14H21NOS/c1-2-7-15-13(10-12-6-9-17-11-12)14-5-3-4-8-16-14/h5-6,9,11,13,15H,2-4,7-8,10H2,1H3. The zero-order chi connectivity index (χ0) is 11.9. The van der Waals surface area contributed by atoms with Crippen LogP contribution >= 0.6 is 11.3 Å². The molecule has 1 aliphatic heterocycles. The largest absolute Gasteiger partial charge is 0.497 e. The third-order valence-corrected chi connectivity index (χ3v) is 3.70. The molecule has 0 aliphatic carbocycles. The van der Waals surface area contributed by atoms with Crippen LogP contribution in [-0.2, 0) is 11.2 Å². The molecule has 17 heavy (non-hydrogen) atoms. The second kappa shape index (κ2) is 6.82. The Bertz CT molecular complexity index is 345. The van der Waals surface area contributed by atoms with E-state index in [1.54, 1.807) is 11.3 Å². The highest BCUT2D eigenvalue weighted by Gasteiger charge is 2.17. The van der Waals surface area contributed by atoms with Gasteiger partial charge in [-0.15, -0.1) is 0 Å². The predicted octanol–water partition coefficient (Wildman–Crippen LogP) is 3.35. The molecule has 94 valence electrons. The summed E-state index contributed by atoms with van der Waals surface area (Å²) in [5.74, 6) is 1.15. The van der Waals surface area contributed by atoms with Gasteiger partial charge in [0.1, 0.15) is 5.76 Å². The van der Waals surface area contributed by atoms with E-state index >= 15 is 0 Å². The quantitative estimate of drug-likeness (QED) is 0.837. The second-order valence-electron chi connectivity index (χ2n) is 4.44. The summed E-state index contributed by atoms with van der Waals surface area (Å²) in [6, 6.07) is 2.55. The Morgan fingerprint density at radius 3 is 3.12 bits per heavy atom. The number of ether oxygens (including phenoxy) is 1. The Kier molecular flexibility index (Phi) is 5.08. The molecule has 0 saturated heterocycles. The number of allylic oxidation sites excluding steroid dienone is 1. The SMILES string of the molecule is CCCNC(Cc1ccsc1)C1=CCCCO1. The summed E-state index contributed by atoms with van der Waals surface area (Å²) in [7, 11) is 0. The predicted molar refractivity (Wildman–Crippen MR) is 73.4 cm³/mol. The fourth-order valence-corrected chi connectivity index (χ4v) is 2.74. The lowest BCUT2D eigenvalue weighted by atomic mass is 10.0. The van der Waals surface area contributed by atoms with Gasteiger partial charge >= 0.3 is 0 Å². The minimum atomic E-state index is 0.352. The van der Waals surface area contributed by atoms with E-state index in [2.05, 4.69) is 35.1 Å². The zero-order valence-corrected chi connectivity index (χ0v) is 11.3. The molecule has 2 heterocycles. The number of nitrogens with one attached hydrogen (secondary N) is 1.